The molecule has 0 saturated carbocycles. The van der Waals surface area contributed by atoms with Crippen LogP contribution in [0, 0.1) is 10.7 Å². The summed E-state index contributed by atoms with van der Waals surface area (Å²) in [7, 11) is 0. The van der Waals surface area contributed by atoms with E-state index in [4.69, 9.17) is 17.0 Å². The van der Waals surface area contributed by atoms with Gasteiger partial charge < -0.3 is 4.74 Å². The van der Waals surface area contributed by atoms with Crippen LogP contribution >= 0.6 is 80.0 Å². The van der Waals surface area contributed by atoms with Crippen LogP contribution < -0.4 is 10.1 Å². The molecule has 3 rings (SSSR count). The Labute approximate surface area is 220 Å². The first-order valence-corrected chi connectivity index (χ1v) is 12.3. The molecule has 0 unspecified atom stereocenters. The maximum atomic E-state index is 12.7. The molecule has 2 aromatic rings. The normalized spacial score (nSPS) is 15.4. The van der Waals surface area contributed by atoms with Crippen LogP contribution in [0.5, 0.6) is 5.75 Å². The molecule has 2 amide bonds. The molecule has 1 N–H and O–H groups in total. The number of ether oxygens (including phenoxy) is 1. The molecular formula is C21H15I3N2O3S. The van der Waals surface area contributed by atoms with Gasteiger partial charge in [0.1, 0.15) is 17.9 Å². The highest BCUT2D eigenvalue weighted by molar-refractivity contribution is 14.1. The Morgan fingerprint density at radius 1 is 1.10 bits per heavy atom. The van der Waals surface area contributed by atoms with Crippen LogP contribution in [0.2, 0.25) is 0 Å². The average Bonchev–Trinajstić information content (AvgIpc) is 2.69. The number of hydrogen-bond donors (Lipinski definition) is 1. The lowest BCUT2D eigenvalue weighted by atomic mass is 10.1. The monoisotopic (exact) mass is 756 g/mol. The molecule has 1 saturated heterocycles. The molecule has 0 aromatic heterocycles. The van der Waals surface area contributed by atoms with Crippen LogP contribution in [-0.2, 0) is 16.2 Å². The molecule has 0 spiro atoms. The molecule has 1 aliphatic heterocycles. The highest BCUT2D eigenvalue weighted by Gasteiger charge is 2.32. The van der Waals surface area contributed by atoms with Crippen molar-refractivity contribution < 1.29 is 14.3 Å². The molecule has 2 aromatic carbocycles. The van der Waals surface area contributed by atoms with E-state index < -0.39 is 11.8 Å². The fourth-order valence-corrected chi connectivity index (χ4v) is 5.43. The van der Waals surface area contributed by atoms with Gasteiger partial charge in [-0.25, -0.2) is 0 Å². The van der Waals surface area contributed by atoms with E-state index in [0.29, 0.717) is 6.61 Å². The summed E-state index contributed by atoms with van der Waals surface area (Å²) in [6.45, 7) is 4.31. The molecule has 154 valence electrons. The minimum absolute atomic E-state index is 0.0320. The molecule has 9 heteroatoms. The van der Waals surface area contributed by atoms with Gasteiger partial charge in [0.2, 0.25) is 0 Å². The smallest absolute Gasteiger partial charge is 0.265 e. The van der Waals surface area contributed by atoms with Crippen LogP contribution in [-0.4, -0.2) is 28.4 Å². The molecule has 0 radical (unpaired) electrons. The molecule has 0 atom stereocenters. The highest BCUT2D eigenvalue weighted by Crippen LogP contribution is 2.31. The second-order valence-electron chi connectivity index (χ2n) is 6.25. The largest absolute Gasteiger partial charge is 0.487 e. The zero-order valence-electron chi connectivity index (χ0n) is 15.5. The topological polar surface area (TPSA) is 58.6 Å². The van der Waals surface area contributed by atoms with Crippen molar-refractivity contribution >= 4 is 103 Å². The van der Waals surface area contributed by atoms with E-state index in [0.717, 1.165) is 24.0 Å². The Morgan fingerprint density at radius 2 is 1.73 bits per heavy atom. The van der Waals surface area contributed by atoms with Crippen molar-refractivity contribution in [2.75, 3.05) is 6.54 Å². The quantitative estimate of drug-likeness (QED) is 0.150. The van der Waals surface area contributed by atoms with Crippen molar-refractivity contribution in [2.24, 2.45) is 0 Å². The maximum Gasteiger partial charge on any atom is 0.265 e. The summed E-state index contributed by atoms with van der Waals surface area (Å²) in [6.07, 6.45) is 3.13. The number of carbonyl (C=O) groups is 2. The molecular weight excluding hydrogens is 741 g/mol. The van der Waals surface area contributed by atoms with Crippen molar-refractivity contribution in [3.63, 3.8) is 0 Å². The summed E-state index contributed by atoms with van der Waals surface area (Å²) in [4.78, 5) is 26.3. The molecule has 0 bridgehead atoms. The van der Waals surface area contributed by atoms with Crippen LogP contribution in [0.1, 0.15) is 11.1 Å². The molecule has 1 fully saturated rings. The molecule has 1 aliphatic rings. The van der Waals surface area contributed by atoms with Gasteiger partial charge in [-0.05, 0) is 121 Å². The van der Waals surface area contributed by atoms with Gasteiger partial charge in [-0.2, -0.15) is 0 Å². The maximum absolute atomic E-state index is 12.7. The second kappa shape index (κ2) is 10.5. The number of nitrogens with zero attached hydrogens (tertiary/aromatic N) is 1. The first-order chi connectivity index (χ1) is 14.3. The minimum Gasteiger partial charge on any atom is -0.487 e. The number of rotatable bonds is 6. The van der Waals surface area contributed by atoms with E-state index in [-0.39, 0.29) is 17.2 Å². The van der Waals surface area contributed by atoms with E-state index in [2.05, 4.69) is 79.7 Å². The highest BCUT2D eigenvalue weighted by atomic mass is 127. The van der Waals surface area contributed by atoms with E-state index in [1.807, 2.05) is 36.4 Å². The number of benzene rings is 2. The van der Waals surface area contributed by atoms with E-state index in [1.165, 1.54) is 8.47 Å². The fraction of sp³-hybridized carbons (Fsp3) is 0.0952. The summed E-state index contributed by atoms with van der Waals surface area (Å²) >= 11 is 11.7. The fourth-order valence-electron chi connectivity index (χ4n) is 2.69. The average molecular weight is 756 g/mol. The number of hydrogen-bond acceptors (Lipinski definition) is 4. The van der Waals surface area contributed by atoms with Crippen LogP contribution in [0.4, 0.5) is 0 Å². The van der Waals surface area contributed by atoms with E-state index in [9.17, 15) is 9.59 Å². The van der Waals surface area contributed by atoms with E-state index in [1.54, 1.807) is 12.2 Å². The lowest BCUT2D eigenvalue weighted by molar-refractivity contribution is -0.128. The number of carbonyl (C=O) groups excluding carboxylic acids is 2. The second-order valence-corrected chi connectivity index (χ2v) is 10.2. The van der Waals surface area contributed by atoms with Gasteiger partial charge in [-0.3, -0.25) is 19.8 Å². The predicted octanol–water partition coefficient (Wildman–Crippen LogP) is 4.89. The SMILES string of the molecule is C=CCN1C(=O)/C(=C/c2cc(I)c(OCc3ccc(I)cc3)c(I)c2)C(=O)NC1=S. The Hall–Kier alpha value is -1.06. The third-order valence-electron chi connectivity index (χ3n) is 4.13. The number of amides is 2. The van der Waals surface area contributed by atoms with Crippen molar-refractivity contribution in [2.45, 2.75) is 6.61 Å². The summed E-state index contributed by atoms with van der Waals surface area (Å²) in [6, 6.07) is 11.9. The van der Waals surface area contributed by atoms with Crippen LogP contribution in [0.25, 0.3) is 6.08 Å². The number of thiocarbonyl (C=S) groups is 1. The molecule has 30 heavy (non-hydrogen) atoms. The van der Waals surface area contributed by atoms with Crippen LogP contribution in [0.3, 0.4) is 0 Å². The summed E-state index contributed by atoms with van der Waals surface area (Å²) < 4.78 is 8.97. The van der Waals surface area contributed by atoms with Gasteiger partial charge in [0.05, 0.1) is 7.14 Å². The van der Waals surface area contributed by atoms with Gasteiger partial charge in [0, 0.05) is 10.1 Å². The standard InChI is InChI=1S/C21H15I3N2O3S/c1-2-7-26-20(28)15(19(27)25-21(26)30)8-13-9-16(23)18(17(24)10-13)29-11-12-3-5-14(22)6-4-12/h2-6,8-10H,1,7,11H2,(H,25,27,30)/b15-8+. The van der Waals surface area contributed by atoms with Crippen molar-refractivity contribution in [1.82, 2.24) is 10.2 Å². The zero-order valence-corrected chi connectivity index (χ0v) is 22.7. The lowest BCUT2D eigenvalue weighted by Crippen LogP contribution is -2.53. The Balaban J connectivity index is 1.84. The first kappa shape index (κ1) is 23.6. The van der Waals surface area contributed by atoms with Crippen molar-refractivity contribution in [3.05, 3.63) is 76.5 Å². The minimum atomic E-state index is -0.505. The lowest BCUT2D eigenvalue weighted by Gasteiger charge is -2.27. The third kappa shape index (κ3) is 5.59. The van der Waals surface area contributed by atoms with Gasteiger partial charge in [0.25, 0.3) is 11.8 Å². The Morgan fingerprint density at radius 3 is 2.33 bits per heavy atom. The first-order valence-electron chi connectivity index (χ1n) is 8.66. The number of nitrogens with one attached hydrogen (secondary N) is 1. The molecule has 5 nitrogen and oxygen atoms in total. The number of halogens is 3. The van der Waals surface area contributed by atoms with Crippen LogP contribution in [0.15, 0.2) is 54.6 Å². The van der Waals surface area contributed by atoms with Gasteiger partial charge in [0.15, 0.2) is 5.11 Å². The summed E-state index contributed by atoms with van der Waals surface area (Å²) in [5, 5.41) is 2.64. The molecule has 1 heterocycles. The van der Waals surface area contributed by atoms with Crippen molar-refractivity contribution in [3.8, 4) is 5.75 Å². The Kier molecular flexibility index (Phi) is 8.26. The molecule has 0 aliphatic carbocycles. The summed E-state index contributed by atoms with van der Waals surface area (Å²) in [5.74, 6) is -0.173. The predicted molar refractivity (Wildman–Crippen MR) is 146 cm³/mol. The van der Waals surface area contributed by atoms with Gasteiger partial charge >= 0.3 is 0 Å². The summed E-state index contributed by atoms with van der Waals surface area (Å²) in [5.41, 5.74) is 1.84. The zero-order chi connectivity index (χ0) is 21.8. The van der Waals surface area contributed by atoms with Gasteiger partial charge in [-0.1, -0.05) is 18.2 Å². The third-order valence-corrected chi connectivity index (χ3v) is 6.77. The van der Waals surface area contributed by atoms with Gasteiger partial charge in [-0.15, -0.1) is 6.58 Å². The van der Waals surface area contributed by atoms with Crippen molar-refractivity contribution in [1.29, 1.82) is 0 Å². The Bertz CT molecular complexity index is 1040. The van der Waals surface area contributed by atoms with E-state index >= 15 is 0 Å².